The topological polar surface area (TPSA) is 52.0 Å². The van der Waals surface area contributed by atoms with Crippen molar-refractivity contribution in [1.29, 1.82) is 0 Å². The second-order valence-electron chi connectivity index (χ2n) is 4.36. The van der Waals surface area contributed by atoms with Crippen LogP contribution < -0.4 is 5.73 Å². The van der Waals surface area contributed by atoms with Crippen LogP contribution in [-0.2, 0) is 6.42 Å². The summed E-state index contributed by atoms with van der Waals surface area (Å²) in [7, 11) is 0. The zero-order valence-corrected chi connectivity index (χ0v) is 8.14. The van der Waals surface area contributed by atoms with Gasteiger partial charge in [-0.15, -0.1) is 0 Å². The van der Waals surface area contributed by atoms with E-state index in [-0.39, 0.29) is 5.41 Å². The highest BCUT2D eigenvalue weighted by Crippen LogP contribution is 2.24. The third-order valence-electron chi connectivity index (χ3n) is 1.75. The SMILES string of the molecule is Cc1c(CC(C)(C)C)noc1N. The molecule has 0 aliphatic rings. The lowest BCUT2D eigenvalue weighted by molar-refractivity contribution is 0.376. The number of anilines is 1. The Labute approximate surface area is 72.9 Å². The lowest BCUT2D eigenvalue weighted by Crippen LogP contribution is -2.10. The average molecular weight is 168 g/mol. The monoisotopic (exact) mass is 168 g/mol. The summed E-state index contributed by atoms with van der Waals surface area (Å²) in [5.41, 5.74) is 7.71. The van der Waals surface area contributed by atoms with Crippen LogP contribution in [0, 0.1) is 12.3 Å². The van der Waals surface area contributed by atoms with E-state index >= 15 is 0 Å². The van der Waals surface area contributed by atoms with Gasteiger partial charge in [-0.1, -0.05) is 25.9 Å². The predicted octanol–water partition coefficient (Wildman–Crippen LogP) is 2.15. The van der Waals surface area contributed by atoms with Gasteiger partial charge in [0.1, 0.15) is 0 Å². The fourth-order valence-corrected chi connectivity index (χ4v) is 1.05. The fourth-order valence-electron chi connectivity index (χ4n) is 1.05. The van der Waals surface area contributed by atoms with Gasteiger partial charge in [0.15, 0.2) is 0 Å². The van der Waals surface area contributed by atoms with E-state index in [2.05, 4.69) is 25.9 Å². The maximum absolute atomic E-state index is 5.53. The number of rotatable bonds is 1. The minimum Gasteiger partial charge on any atom is -0.367 e. The molecule has 12 heavy (non-hydrogen) atoms. The van der Waals surface area contributed by atoms with Crippen molar-refractivity contribution >= 4 is 5.88 Å². The Morgan fingerprint density at radius 1 is 1.42 bits per heavy atom. The van der Waals surface area contributed by atoms with E-state index in [0.29, 0.717) is 5.88 Å². The zero-order valence-electron chi connectivity index (χ0n) is 8.14. The Bertz CT molecular complexity index is 271. The highest BCUT2D eigenvalue weighted by atomic mass is 16.5. The molecule has 0 amide bonds. The van der Waals surface area contributed by atoms with Crippen molar-refractivity contribution in [3.8, 4) is 0 Å². The molecule has 1 heterocycles. The molecule has 3 nitrogen and oxygen atoms in total. The third-order valence-corrected chi connectivity index (χ3v) is 1.75. The Hall–Kier alpha value is -0.990. The van der Waals surface area contributed by atoms with Gasteiger partial charge in [-0.25, -0.2) is 0 Å². The van der Waals surface area contributed by atoms with Crippen molar-refractivity contribution in [3.05, 3.63) is 11.3 Å². The first-order chi connectivity index (χ1) is 5.40. The minimum absolute atomic E-state index is 0.230. The average Bonchev–Trinajstić information content (AvgIpc) is 2.16. The van der Waals surface area contributed by atoms with Crippen LogP contribution in [0.1, 0.15) is 32.0 Å². The molecule has 1 rings (SSSR count). The fraction of sp³-hybridized carbons (Fsp3) is 0.667. The molecule has 1 aromatic rings. The molecule has 0 saturated carbocycles. The van der Waals surface area contributed by atoms with Gasteiger partial charge >= 0.3 is 0 Å². The molecule has 1 aromatic heterocycles. The first-order valence-electron chi connectivity index (χ1n) is 4.11. The minimum atomic E-state index is 0.230. The Balaban J connectivity index is 2.83. The Morgan fingerprint density at radius 2 is 2.00 bits per heavy atom. The molecule has 0 spiro atoms. The van der Waals surface area contributed by atoms with Crippen molar-refractivity contribution in [2.24, 2.45) is 5.41 Å². The number of nitrogen functional groups attached to an aromatic ring is 1. The molecule has 2 N–H and O–H groups in total. The van der Waals surface area contributed by atoms with Gasteiger partial charge < -0.3 is 10.3 Å². The van der Waals surface area contributed by atoms with Gasteiger partial charge in [-0.2, -0.15) is 0 Å². The number of nitrogens with two attached hydrogens (primary N) is 1. The summed E-state index contributed by atoms with van der Waals surface area (Å²) in [5, 5.41) is 3.90. The van der Waals surface area contributed by atoms with Crippen LogP contribution in [-0.4, -0.2) is 5.16 Å². The standard InChI is InChI=1S/C9H16N2O/c1-6-7(5-9(2,3)4)11-12-8(6)10/h5,10H2,1-4H3. The maximum atomic E-state index is 5.53. The van der Waals surface area contributed by atoms with Crippen LogP contribution >= 0.6 is 0 Å². The van der Waals surface area contributed by atoms with Gasteiger partial charge in [-0.05, 0) is 18.8 Å². The molecule has 68 valence electrons. The van der Waals surface area contributed by atoms with Crippen LogP contribution in [0.3, 0.4) is 0 Å². The largest absolute Gasteiger partial charge is 0.367 e. The van der Waals surface area contributed by atoms with Gasteiger partial charge in [0, 0.05) is 5.56 Å². The molecule has 0 aliphatic heterocycles. The number of nitrogens with zero attached hydrogens (tertiary/aromatic N) is 1. The summed E-state index contributed by atoms with van der Waals surface area (Å²) in [6, 6.07) is 0. The number of hydrogen-bond acceptors (Lipinski definition) is 3. The van der Waals surface area contributed by atoms with Gasteiger partial charge in [0.2, 0.25) is 5.88 Å². The summed E-state index contributed by atoms with van der Waals surface area (Å²) >= 11 is 0. The van der Waals surface area contributed by atoms with Crippen LogP contribution in [0.5, 0.6) is 0 Å². The molecule has 0 saturated heterocycles. The number of hydrogen-bond donors (Lipinski definition) is 1. The molecule has 0 fully saturated rings. The van der Waals surface area contributed by atoms with Gasteiger partial charge in [-0.3, -0.25) is 0 Å². The Kier molecular flexibility index (Phi) is 2.13. The van der Waals surface area contributed by atoms with E-state index < -0.39 is 0 Å². The molecular weight excluding hydrogens is 152 g/mol. The van der Waals surface area contributed by atoms with Crippen molar-refractivity contribution in [2.45, 2.75) is 34.1 Å². The van der Waals surface area contributed by atoms with E-state index in [0.717, 1.165) is 17.7 Å². The summed E-state index contributed by atoms with van der Waals surface area (Å²) in [5.74, 6) is 0.439. The normalized spacial score (nSPS) is 12.0. The summed E-state index contributed by atoms with van der Waals surface area (Å²) in [6.45, 7) is 8.43. The first-order valence-corrected chi connectivity index (χ1v) is 4.11. The van der Waals surface area contributed by atoms with Crippen LogP contribution in [0.2, 0.25) is 0 Å². The molecular formula is C9H16N2O. The second kappa shape index (κ2) is 2.81. The first kappa shape index (κ1) is 9.10. The van der Waals surface area contributed by atoms with Crippen LogP contribution in [0.15, 0.2) is 4.52 Å². The summed E-state index contributed by atoms with van der Waals surface area (Å²) in [6.07, 6.45) is 0.902. The van der Waals surface area contributed by atoms with E-state index in [9.17, 15) is 0 Å². The molecule has 0 aromatic carbocycles. The summed E-state index contributed by atoms with van der Waals surface area (Å²) < 4.78 is 4.87. The highest BCUT2D eigenvalue weighted by Gasteiger charge is 2.17. The molecule has 0 unspecified atom stereocenters. The zero-order chi connectivity index (χ0) is 9.35. The third kappa shape index (κ3) is 2.00. The Morgan fingerprint density at radius 3 is 2.33 bits per heavy atom. The van der Waals surface area contributed by atoms with Crippen molar-refractivity contribution in [1.82, 2.24) is 5.16 Å². The smallest absolute Gasteiger partial charge is 0.225 e. The van der Waals surface area contributed by atoms with E-state index in [1.165, 1.54) is 0 Å². The van der Waals surface area contributed by atoms with Crippen LogP contribution in [0.4, 0.5) is 5.88 Å². The predicted molar refractivity (Wildman–Crippen MR) is 48.8 cm³/mol. The quantitative estimate of drug-likeness (QED) is 0.699. The van der Waals surface area contributed by atoms with Gasteiger partial charge in [0.05, 0.1) is 5.69 Å². The molecule has 0 atom stereocenters. The molecule has 3 heteroatoms. The van der Waals surface area contributed by atoms with Crippen molar-refractivity contribution in [3.63, 3.8) is 0 Å². The second-order valence-corrected chi connectivity index (χ2v) is 4.36. The lowest BCUT2D eigenvalue weighted by Gasteiger charge is -2.15. The summed E-state index contributed by atoms with van der Waals surface area (Å²) in [4.78, 5) is 0. The van der Waals surface area contributed by atoms with Crippen molar-refractivity contribution in [2.75, 3.05) is 5.73 Å². The molecule has 0 radical (unpaired) electrons. The molecule has 0 aliphatic carbocycles. The van der Waals surface area contributed by atoms with Gasteiger partial charge in [0.25, 0.3) is 0 Å². The van der Waals surface area contributed by atoms with E-state index in [4.69, 9.17) is 10.3 Å². The highest BCUT2D eigenvalue weighted by molar-refractivity contribution is 5.37. The van der Waals surface area contributed by atoms with E-state index in [1.807, 2.05) is 6.92 Å². The van der Waals surface area contributed by atoms with E-state index in [1.54, 1.807) is 0 Å². The molecule has 0 bridgehead atoms. The number of aromatic nitrogens is 1. The maximum Gasteiger partial charge on any atom is 0.225 e. The van der Waals surface area contributed by atoms with Crippen molar-refractivity contribution < 1.29 is 4.52 Å². The lowest BCUT2D eigenvalue weighted by atomic mass is 9.89. The van der Waals surface area contributed by atoms with Crippen LogP contribution in [0.25, 0.3) is 0 Å².